The molecule has 1 unspecified atom stereocenters. The van der Waals surface area contributed by atoms with E-state index in [1.54, 1.807) is 0 Å². The second-order valence-electron chi connectivity index (χ2n) is 7.77. The van der Waals surface area contributed by atoms with E-state index in [-0.39, 0.29) is 17.1 Å². The summed E-state index contributed by atoms with van der Waals surface area (Å²) in [6, 6.07) is 9.39. The normalized spacial score (nSPS) is 11.9. The van der Waals surface area contributed by atoms with Crippen LogP contribution in [0.2, 0.25) is 0 Å². The molecule has 3 nitrogen and oxygen atoms in total. The number of benzene rings is 2. The Bertz CT molecular complexity index is 801. The van der Waals surface area contributed by atoms with Gasteiger partial charge in [0.1, 0.15) is 6.29 Å². The standard InChI is InChI=1S/C25H33FO3/c1-5-6-8-20(14-21-11-10-18(2)19(3)13-21)9-7-12-29-25-23(26)15-22(17-27)16-24(25)28-4/h10-11,13,15-17,20H,5-9,12,14H2,1-4H3. The Morgan fingerprint density at radius 1 is 1.07 bits per heavy atom. The fraction of sp³-hybridized carbons (Fsp3) is 0.480. The first-order valence-electron chi connectivity index (χ1n) is 10.5. The zero-order valence-corrected chi connectivity index (χ0v) is 18.1. The molecule has 0 aliphatic rings. The molecule has 29 heavy (non-hydrogen) atoms. The van der Waals surface area contributed by atoms with Crippen molar-refractivity contribution in [3.8, 4) is 11.5 Å². The van der Waals surface area contributed by atoms with Crippen LogP contribution in [0, 0.1) is 25.6 Å². The van der Waals surface area contributed by atoms with Crippen LogP contribution in [-0.4, -0.2) is 20.0 Å². The zero-order valence-electron chi connectivity index (χ0n) is 18.1. The Balaban J connectivity index is 1.94. The zero-order chi connectivity index (χ0) is 21.2. The third kappa shape index (κ3) is 6.88. The van der Waals surface area contributed by atoms with Crippen LogP contribution in [0.5, 0.6) is 11.5 Å². The molecule has 2 rings (SSSR count). The average molecular weight is 401 g/mol. The van der Waals surface area contributed by atoms with Crippen molar-refractivity contribution in [1.82, 2.24) is 0 Å². The number of hydrogen-bond donors (Lipinski definition) is 0. The van der Waals surface area contributed by atoms with E-state index >= 15 is 0 Å². The molecule has 1 atom stereocenters. The molecule has 0 heterocycles. The Hall–Kier alpha value is -2.36. The second-order valence-corrected chi connectivity index (χ2v) is 7.77. The first-order chi connectivity index (χ1) is 14.0. The monoisotopic (exact) mass is 400 g/mol. The van der Waals surface area contributed by atoms with Crippen LogP contribution in [0.1, 0.15) is 66.1 Å². The molecule has 0 bridgehead atoms. The smallest absolute Gasteiger partial charge is 0.197 e. The Morgan fingerprint density at radius 2 is 1.83 bits per heavy atom. The van der Waals surface area contributed by atoms with Gasteiger partial charge in [-0.3, -0.25) is 4.79 Å². The molecule has 0 N–H and O–H groups in total. The minimum absolute atomic E-state index is 0.0809. The Labute approximate surface area is 174 Å². The molecule has 2 aromatic carbocycles. The van der Waals surface area contributed by atoms with Gasteiger partial charge in [0, 0.05) is 5.56 Å². The molecule has 0 amide bonds. The highest BCUT2D eigenvalue weighted by Crippen LogP contribution is 2.32. The summed E-state index contributed by atoms with van der Waals surface area (Å²) in [6.45, 7) is 6.93. The second kappa shape index (κ2) is 11.6. The van der Waals surface area contributed by atoms with Gasteiger partial charge < -0.3 is 9.47 Å². The van der Waals surface area contributed by atoms with Crippen LogP contribution in [-0.2, 0) is 6.42 Å². The highest BCUT2D eigenvalue weighted by atomic mass is 19.1. The van der Waals surface area contributed by atoms with Crippen LogP contribution < -0.4 is 9.47 Å². The molecule has 0 aliphatic carbocycles. The van der Waals surface area contributed by atoms with Crippen molar-refractivity contribution in [3.05, 3.63) is 58.4 Å². The lowest BCUT2D eigenvalue weighted by molar-refractivity contribution is 0.112. The molecule has 0 aromatic heterocycles. The predicted molar refractivity (Wildman–Crippen MR) is 116 cm³/mol. The maximum Gasteiger partial charge on any atom is 0.197 e. The number of ether oxygens (including phenoxy) is 2. The minimum atomic E-state index is -0.566. The average Bonchev–Trinajstić information content (AvgIpc) is 2.72. The number of hydrogen-bond acceptors (Lipinski definition) is 3. The van der Waals surface area contributed by atoms with Gasteiger partial charge in [-0.1, -0.05) is 44.4 Å². The highest BCUT2D eigenvalue weighted by molar-refractivity contribution is 5.76. The highest BCUT2D eigenvalue weighted by Gasteiger charge is 2.15. The van der Waals surface area contributed by atoms with Gasteiger partial charge in [0.15, 0.2) is 17.3 Å². The molecular weight excluding hydrogens is 367 g/mol. The summed E-state index contributed by atoms with van der Waals surface area (Å²) in [5.41, 5.74) is 4.28. The number of rotatable bonds is 12. The van der Waals surface area contributed by atoms with Crippen LogP contribution in [0.4, 0.5) is 4.39 Å². The molecule has 0 spiro atoms. The van der Waals surface area contributed by atoms with Crippen LogP contribution >= 0.6 is 0 Å². The number of aryl methyl sites for hydroxylation is 2. The van der Waals surface area contributed by atoms with Crippen molar-refractivity contribution in [2.24, 2.45) is 5.92 Å². The number of halogens is 1. The van der Waals surface area contributed by atoms with Crippen molar-refractivity contribution < 1.29 is 18.7 Å². The number of aldehydes is 1. The number of methoxy groups -OCH3 is 1. The molecule has 0 fully saturated rings. The Kier molecular flexibility index (Phi) is 9.17. The van der Waals surface area contributed by atoms with E-state index in [4.69, 9.17) is 9.47 Å². The summed E-state index contributed by atoms with van der Waals surface area (Å²) in [5, 5.41) is 0. The van der Waals surface area contributed by atoms with Crippen molar-refractivity contribution >= 4 is 6.29 Å². The maximum atomic E-state index is 14.2. The molecular formula is C25H33FO3. The van der Waals surface area contributed by atoms with Gasteiger partial charge in [-0.2, -0.15) is 0 Å². The minimum Gasteiger partial charge on any atom is -0.493 e. The number of carbonyl (C=O) groups excluding carboxylic acids is 1. The van der Waals surface area contributed by atoms with E-state index in [0.29, 0.717) is 18.8 Å². The predicted octanol–water partition coefficient (Wildman–Crippen LogP) is 6.47. The first kappa shape index (κ1) is 22.9. The topological polar surface area (TPSA) is 35.5 Å². The van der Waals surface area contributed by atoms with Gasteiger partial charge in [-0.05, 0) is 67.9 Å². The van der Waals surface area contributed by atoms with E-state index in [1.165, 1.54) is 55.2 Å². The quantitative estimate of drug-likeness (QED) is 0.302. The third-order valence-corrected chi connectivity index (χ3v) is 5.45. The molecule has 2 aromatic rings. The summed E-state index contributed by atoms with van der Waals surface area (Å²) in [7, 11) is 1.44. The molecule has 0 aliphatic heterocycles. The van der Waals surface area contributed by atoms with Crippen molar-refractivity contribution in [2.75, 3.05) is 13.7 Å². The summed E-state index contributed by atoms with van der Waals surface area (Å²) in [5.74, 6) is 0.357. The van der Waals surface area contributed by atoms with Gasteiger partial charge >= 0.3 is 0 Å². The third-order valence-electron chi connectivity index (χ3n) is 5.45. The van der Waals surface area contributed by atoms with Gasteiger partial charge in [-0.25, -0.2) is 4.39 Å². The van der Waals surface area contributed by atoms with E-state index < -0.39 is 5.82 Å². The fourth-order valence-corrected chi connectivity index (χ4v) is 3.60. The summed E-state index contributed by atoms with van der Waals surface area (Å²) in [6.07, 6.45) is 7.13. The van der Waals surface area contributed by atoms with Gasteiger partial charge in [0.2, 0.25) is 0 Å². The van der Waals surface area contributed by atoms with Gasteiger partial charge in [0.25, 0.3) is 0 Å². The molecule has 0 radical (unpaired) electrons. The molecule has 0 saturated carbocycles. The summed E-state index contributed by atoms with van der Waals surface area (Å²) < 4.78 is 25.1. The molecule has 158 valence electrons. The summed E-state index contributed by atoms with van der Waals surface area (Å²) in [4.78, 5) is 10.9. The Morgan fingerprint density at radius 3 is 2.48 bits per heavy atom. The number of unbranched alkanes of at least 4 members (excludes halogenated alkanes) is 1. The number of carbonyl (C=O) groups is 1. The molecule has 4 heteroatoms. The lowest BCUT2D eigenvalue weighted by atomic mass is 9.89. The SMILES string of the molecule is CCCCC(CCCOc1c(F)cc(C=O)cc1OC)Cc1ccc(C)c(C)c1. The van der Waals surface area contributed by atoms with Crippen LogP contribution in [0.3, 0.4) is 0 Å². The van der Waals surface area contributed by atoms with E-state index in [9.17, 15) is 9.18 Å². The van der Waals surface area contributed by atoms with Crippen LogP contribution in [0.25, 0.3) is 0 Å². The maximum absolute atomic E-state index is 14.2. The van der Waals surface area contributed by atoms with E-state index in [0.717, 1.165) is 19.3 Å². The fourth-order valence-electron chi connectivity index (χ4n) is 3.60. The van der Waals surface area contributed by atoms with Crippen molar-refractivity contribution in [3.63, 3.8) is 0 Å². The van der Waals surface area contributed by atoms with Crippen LogP contribution in [0.15, 0.2) is 30.3 Å². The molecule has 0 saturated heterocycles. The van der Waals surface area contributed by atoms with Crippen molar-refractivity contribution in [2.45, 2.75) is 59.3 Å². The lowest BCUT2D eigenvalue weighted by Gasteiger charge is -2.18. The first-order valence-corrected chi connectivity index (χ1v) is 10.5. The lowest BCUT2D eigenvalue weighted by Crippen LogP contribution is -2.09. The van der Waals surface area contributed by atoms with Gasteiger partial charge in [0.05, 0.1) is 13.7 Å². The van der Waals surface area contributed by atoms with E-state index in [2.05, 4.69) is 39.0 Å². The largest absolute Gasteiger partial charge is 0.493 e. The van der Waals surface area contributed by atoms with E-state index in [1.807, 2.05) is 0 Å². The van der Waals surface area contributed by atoms with Gasteiger partial charge in [-0.15, -0.1) is 0 Å². The van der Waals surface area contributed by atoms with Crippen molar-refractivity contribution in [1.29, 1.82) is 0 Å². The summed E-state index contributed by atoms with van der Waals surface area (Å²) >= 11 is 0.